The molecule has 0 heterocycles. The molecule has 0 radical (unpaired) electrons. The third-order valence-electron chi connectivity index (χ3n) is 1.60. The summed E-state index contributed by atoms with van der Waals surface area (Å²) < 4.78 is 26.7. The molecule has 0 bridgehead atoms. The molecule has 6 nitrogen and oxygen atoms in total. The Balaban J connectivity index is 2.85. The van der Waals surface area contributed by atoms with Crippen LogP contribution >= 0.6 is 15.9 Å². The Kier molecular flexibility index (Phi) is 4.31. The lowest BCUT2D eigenvalue weighted by Gasteiger charge is -2.03. The third kappa shape index (κ3) is 4.19. The molecule has 1 aromatic carbocycles. The first-order valence-electron chi connectivity index (χ1n) is 4.10. The Labute approximate surface area is 101 Å². The van der Waals surface area contributed by atoms with Crippen molar-refractivity contribution >= 4 is 31.7 Å². The fourth-order valence-corrected chi connectivity index (χ4v) is 1.80. The Hall–Kier alpha value is -1.08. The molecule has 0 saturated heterocycles. The lowest BCUT2D eigenvalue weighted by atomic mass is 10.2. The summed E-state index contributed by atoms with van der Waals surface area (Å²) in [6.07, 6.45) is 0.983. The topological polar surface area (TPSA) is 92.1 Å². The van der Waals surface area contributed by atoms with Crippen molar-refractivity contribution < 1.29 is 12.6 Å². The van der Waals surface area contributed by atoms with Crippen LogP contribution in [-0.2, 0) is 20.9 Å². The van der Waals surface area contributed by atoms with Gasteiger partial charge in [0.15, 0.2) is 0 Å². The van der Waals surface area contributed by atoms with Gasteiger partial charge in [-0.15, -0.1) is 0 Å². The van der Waals surface area contributed by atoms with E-state index in [-0.39, 0.29) is 6.61 Å². The van der Waals surface area contributed by atoms with Gasteiger partial charge >= 0.3 is 0 Å². The number of benzene rings is 1. The lowest BCUT2D eigenvalue weighted by molar-refractivity contribution is 0.311. The van der Waals surface area contributed by atoms with E-state index < -0.39 is 10.1 Å². The van der Waals surface area contributed by atoms with E-state index in [0.717, 1.165) is 6.26 Å². The van der Waals surface area contributed by atoms with Gasteiger partial charge in [-0.05, 0) is 17.2 Å². The number of hydrogen-bond donors (Lipinski definition) is 0. The Morgan fingerprint density at radius 3 is 2.75 bits per heavy atom. The van der Waals surface area contributed by atoms with Gasteiger partial charge in [0.05, 0.1) is 18.6 Å². The zero-order valence-corrected chi connectivity index (χ0v) is 10.7. The van der Waals surface area contributed by atoms with Gasteiger partial charge in [-0.3, -0.25) is 4.18 Å². The largest absolute Gasteiger partial charge is 0.265 e. The van der Waals surface area contributed by atoms with Gasteiger partial charge in [0, 0.05) is 9.38 Å². The molecule has 0 spiro atoms. The quantitative estimate of drug-likeness (QED) is 0.370. The van der Waals surface area contributed by atoms with E-state index >= 15 is 0 Å². The Morgan fingerprint density at radius 2 is 2.25 bits per heavy atom. The lowest BCUT2D eigenvalue weighted by Crippen LogP contribution is -2.02. The maximum atomic E-state index is 10.8. The predicted molar refractivity (Wildman–Crippen MR) is 62.6 cm³/mol. The minimum Gasteiger partial charge on any atom is -0.265 e. The van der Waals surface area contributed by atoms with Gasteiger partial charge < -0.3 is 0 Å². The van der Waals surface area contributed by atoms with Crippen LogP contribution in [0.4, 0.5) is 5.69 Å². The van der Waals surface area contributed by atoms with Crippen LogP contribution in [0.25, 0.3) is 10.4 Å². The highest BCUT2D eigenvalue weighted by molar-refractivity contribution is 9.10. The summed E-state index contributed by atoms with van der Waals surface area (Å²) in [6.45, 7) is -0.0476. The molecular weight excluding hydrogens is 298 g/mol. The fourth-order valence-electron chi connectivity index (χ4n) is 0.945. The summed E-state index contributed by atoms with van der Waals surface area (Å²) in [6, 6.07) is 4.83. The van der Waals surface area contributed by atoms with Gasteiger partial charge in [0.2, 0.25) is 0 Å². The summed E-state index contributed by atoms with van der Waals surface area (Å²) in [4.78, 5) is 2.65. The molecule has 86 valence electrons. The molecule has 1 rings (SSSR count). The highest BCUT2D eigenvalue weighted by atomic mass is 79.9. The van der Waals surface area contributed by atoms with Crippen molar-refractivity contribution in [2.45, 2.75) is 6.61 Å². The van der Waals surface area contributed by atoms with Crippen LogP contribution in [0.2, 0.25) is 0 Å². The third-order valence-corrected chi connectivity index (χ3v) is 2.79. The number of hydrogen-bond acceptors (Lipinski definition) is 4. The molecule has 0 N–H and O–H groups in total. The van der Waals surface area contributed by atoms with Crippen LogP contribution in [0, 0.1) is 0 Å². The molecule has 16 heavy (non-hydrogen) atoms. The molecule has 0 fully saturated rings. The van der Waals surface area contributed by atoms with Crippen molar-refractivity contribution in [2.75, 3.05) is 6.26 Å². The van der Waals surface area contributed by atoms with Crippen LogP contribution < -0.4 is 0 Å². The molecule has 0 aliphatic carbocycles. The summed E-state index contributed by atoms with van der Waals surface area (Å²) in [7, 11) is -3.45. The minimum absolute atomic E-state index is 0.0476. The van der Waals surface area contributed by atoms with Gasteiger partial charge in [-0.1, -0.05) is 33.2 Å². The van der Waals surface area contributed by atoms with Gasteiger partial charge in [-0.2, -0.15) is 8.42 Å². The monoisotopic (exact) mass is 305 g/mol. The molecular formula is C8H8BrN3O3S. The van der Waals surface area contributed by atoms with Crippen molar-refractivity contribution in [1.82, 2.24) is 0 Å². The van der Waals surface area contributed by atoms with Crippen molar-refractivity contribution in [2.24, 2.45) is 5.11 Å². The molecule has 0 aliphatic heterocycles. The van der Waals surface area contributed by atoms with Crippen molar-refractivity contribution in [3.63, 3.8) is 0 Å². The SMILES string of the molecule is CS(=O)(=O)OCc1ccc(N=[N+]=[N-])c(Br)c1. The first-order chi connectivity index (χ1) is 7.42. The van der Waals surface area contributed by atoms with Crippen LogP contribution in [0.3, 0.4) is 0 Å². The van der Waals surface area contributed by atoms with E-state index in [1.54, 1.807) is 18.2 Å². The smallest absolute Gasteiger partial charge is 0.264 e. The van der Waals surface area contributed by atoms with Crippen LogP contribution in [0.15, 0.2) is 27.8 Å². The molecule has 0 atom stereocenters. The van der Waals surface area contributed by atoms with Gasteiger partial charge in [0.25, 0.3) is 10.1 Å². The number of halogens is 1. The highest BCUT2D eigenvalue weighted by Crippen LogP contribution is 2.26. The van der Waals surface area contributed by atoms with Crippen LogP contribution in [0.1, 0.15) is 5.56 Å². The average Bonchev–Trinajstić information content (AvgIpc) is 2.18. The van der Waals surface area contributed by atoms with E-state index in [4.69, 9.17) is 5.53 Å². The maximum Gasteiger partial charge on any atom is 0.264 e. The van der Waals surface area contributed by atoms with Gasteiger partial charge in [-0.25, -0.2) is 0 Å². The maximum absolute atomic E-state index is 10.8. The van der Waals surface area contributed by atoms with Crippen LogP contribution in [-0.4, -0.2) is 14.7 Å². The zero-order chi connectivity index (χ0) is 12.2. The summed E-state index contributed by atoms with van der Waals surface area (Å²) in [5.41, 5.74) is 9.35. The van der Waals surface area contributed by atoms with Crippen molar-refractivity contribution in [3.8, 4) is 0 Å². The van der Waals surface area contributed by atoms with E-state index in [0.29, 0.717) is 15.7 Å². The normalized spacial score (nSPS) is 10.9. The second-order valence-corrected chi connectivity index (χ2v) is 5.44. The first-order valence-corrected chi connectivity index (χ1v) is 6.71. The Bertz CT molecular complexity index is 537. The average molecular weight is 306 g/mol. The standard InChI is InChI=1S/C8H8BrN3O3S/c1-16(13,14)15-5-6-2-3-8(11-12-10)7(9)4-6/h2-4H,5H2,1H3. The molecule has 1 aromatic rings. The van der Waals surface area contributed by atoms with Crippen molar-refractivity contribution in [1.29, 1.82) is 0 Å². The van der Waals surface area contributed by atoms with E-state index in [9.17, 15) is 8.42 Å². The van der Waals surface area contributed by atoms with E-state index in [2.05, 4.69) is 30.1 Å². The van der Waals surface area contributed by atoms with E-state index in [1.807, 2.05) is 0 Å². The molecule has 8 heteroatoms. The number of azide groups is 1. The van der Waals surface area contributed by atoms with Crippen molar-refractivity contribution in [3.05, 3.63) is 38.7 Å². The molecule has 0 unspecified atom stereocenters. The fraction of sp³-hybridized carbons (Fsp3) is 0.250. The second kappa shape index (κ2) is 5.31. The second-order valence-electron chi connectivity index (χ2n) is 2.94. The predicted octanol–water partition coefficient (Wildman–Crippen LogP) is 2.87. The summed E-state index contributed by atoms with van der Waals surface area (Å²) >= 11 is 3.20. The zero-order valence-electron chi connectivity index (χ0n) is 8.29. The molecule has 0 aliphatic rings. The first kappa shape index (κ1) is 13.0. The minimum atomic E-state index is -3.45. The van der Waals surface area contributed by atoms with Gasteiger partial charge in [0.1, 0.15) is 0 Å². The number of rotatable bonds is 4. The molecule has 0 amide bonds. The number of nitrogens with zero attached hydrogens (tertiary/aromatic N) is 3. The summed E-state index contributed by atoms with van der Waals surface area (Å²) in [5, 5.41) is 3.43. The van der Waals surface area contributed by atoms with E-state index in [1.165, 1.54) is 0 Å². The summed E-state index contributed by atoms with van der Waals surface area (Å²) in [5.74, 6) is 0. The Morgan fingerprint density at radius 1 is 1.56 bits per heavy atom. The highest BCUT2D eigenvalue weighted by Gasteiger charge is 2.04. The molecule has 0 aromatic heterocycles. The molecule has 0 saturated carbocycles. The van der Waals surface area contributed by atoms with Crippen LogP contribution in [0.5, 0.6) is 0 Å².